The molecule has 15 heteroatoms. The van der Waals surface area contributed by atoms with E-state index in [1.807, 2.05) is 25.1 Å². The van der Waals surface area contributed by atoms with Crippen LogP contribution in [0.2, 0.25) is 0 Å². The average Bonchev–Trinajstić information content (AvgIpc) is 4.07. The predicted molar refractivity (Wildman–Crippen MR) is 199 cm³/mol. The molecule has 4 amide bonds. The standard InChI is InChI=1S/C39H53N5O9S/c1-24-10-8-9-11-26-18-30-25(19-33(26)51-2)16-17-40-35(30)53-28-20-32-34(45)42-39(37(47)43-54(49,50)29-14-15-29)21-27(39)12-6-4-3-5-7-13-31(36(46)44(32)22-28)41-38(48)52-23-24/h16-19,24,27-29,31-32H,3-15,20-23H2,1-2H3,(H,41,48)(H,42,45)(H,43,47)/t24-,27-,28+,31-,32-,39+/m0/s1. The lowest BCUT2D eigenvalue weighted by Gasteiger charge is -2.30. The summed E-state index contributed by atoms with van der Waals surface area (Å²) in [6, 6.07) is 3.88. The van der Waals surface area contributed by atoms with Gasteiger partial charge in [-0.05, 0) is 92.4 Å². The van der Waals surface area contributed by atoms with Gasteiger partial charge in [-0.3, -0.25) is 19.1 Å². The molecule has 3 N–H and O–H groups in total. The number of fused-ring (bicyclic) bond motifs is 4. The molecule has 4 heterocycles. The van der Waals surface area contributed by atoms with E-state index in [2.05, 4.69) is 20.3 Å². The molecule has 2 aliphatic carbocycles. The Morgan fingerprint density at radius 3 is 2.56 bits per heavy atom. The van der Waals surface area contributed by atoms with Crippen LogP contribution in [0.25, 0.3) is 10.8 Å². The summed E-state index contributed by atoms with van der Waals surface area (Å²) in [6.07, 6.45) is 10.3. The highest BCUT2D eigenvalue weighted by Gasteiger charge is 2.62. The van der Waals surface area contributed by atoms with Gasteiger partial charge >= 0.3 is 6.09 Å². The molecule has 5 bridgehead atoms. The van der Waals surface area contributed by atoms with Crippen molar-refractivity contribution in [2.24, 2.45) is 11.8 Å². The first-order chi connectivity index (χ1) is 26.0. The third-order valence-corrected chi connectivity index (χ3v) is 13.7. The monoisotopic (exact) mass is 767 g/mol. The summed E-state index contributed by atoms with van der Waals surface area (Å²) < 4.78 is 45.9. The molecule has 54 heavy (non-hydrogen) atoms. The van der Waals surface area contributed by atoms with Crippen LogP contribution in [0.4, 0.5) is 4.79 Å². The van der Waals surface area contributed by atoms with Gasteiger partial charge in [0, 0.05) is 18.0 Å². The second-order valence-electron chi connectivity index (χ2n) is 16.0. The second kappa shape index (κ2) is 15.9. The molecule has 5 aliphatic rings. The quantitative estimate of drug-likeness (QED) is 0.406. The molecule has 1 aromatic carbocycles. The van der Waals surface area contributed by atoms with Crippen LogP contribution in [-0.4, -0.2) is 91.4 Å². The van der Waals surface area contributed by atoms with Crippen molar-refractivity contribution in [1.29, 1.82) is 0 Å². The van der Waals surface area contributed by atoms with E-state index in [0.717, 1.165) is 73.5 Å². The maximum atomic E-state index is 14.5. The molecule has 14 nitrogen and oxygen atoms in total. The van der Waals surface area contributed by atoms with Crippen LogP contribution in [0.3, 0.4) is 0 Å². The van der Waals surface area contributed by atoms with Gasteiger partial charge in [-0.15, -0.1) is 0 Å². The SMILES string of the molecule is COc1cc2ccnc3c2cc1CCCC[C@H](C)COC(=O)N[C@H]1CCCCCCC[C@H]2C[C@@]2(C(=O)NS(=O)(=O)C2CC2)NC(=O)[C@@H]2C[C@H](CN2C1=O)O3. The highest BCUT2D eigenvalue weighted by Crippen LogP contribution is 2.48. The number of carbonyl (C=O) groups is 4. The Morgan fingerprint density at radius 1 is 1.02 bits per heavy atom. The Balaban J connectivity index is 1.22. The summed E-state index contributed by atoms with van der Waals surface area (Å²) in [7, 11) is -2.21. The Kier molecular flexibility index (Phi) is 11.2. The number of aryl methyl sites for hydroxylation is 1. The summed E-state index contributed by atoms with van der Waals surface area (Å²) in [6.45, 7) is 2.26. The number of aromatic nitrogens is 1. The number of pyridine rings is 1. The number of rotatable bonds is 4. The first-order valence-corrected chi connectivity index (χ1v) is 21.3. The van der Waals surface area contributed by atoms with Gasteiger partial charge in [0.2, 0.25) is 27.7 Å². The molecule has 7 rings (SSSR count). The summed E-state index contributed by atoms with van der Waals surface area (Å²) in [5.74, 6) is -0.739. The number of alkyl carbamates (subject to hydrolysis) is 1. The van der Waals surface area contributed by atoms with Crippen molar-refractivity contribution in [3.05, 3.63) is 30.0 Å². The number of methoxy groups -OCH3 is 1. The fourth-order valence-electron chi connectivity index (χ4n) is 8.40. The van der Waals surface area contributed by atoms with Gasteiger partial charge in [0.25, 0.3) is 5.91 Å². The maximum Gasteiger partial charge on any atom is 0.407 e. The molecule has 0 radical (unpaired) electrons. The summed E-state index contributed by atoms with van der Waals surface area (Å²) in [5.41, 5.74) is -0.394. The van der Waals surface area contributed by atoms with Gasteiger partial charge in [0.15, 0.2) is 0 Å². The zero-order valence-corrected chi connectivity index (χ0v) is 32.1. The molecule has 0 unspecified atom stereocenters. The van der Waals surface area contributed by atoms with Crippen LogP contribution in [0.15, 0.2) is 24.4 Å². The van der Waals surface area contributed by atoms with Crippen LogP contribution in [-0.2, 0) is 35.6 Å². The Hall–Kier alpha value is -4.14. The fraction of sp³-hybridized carbons (Fsp3) is 0.667. The van der Waals surface area contributed by atoms with Gasteiger partial charge in [0.05, 0.1) is 25.5 Å². The number of hydrogen-bond donors (Lipinski definition) is 3. The zero-order chi connectivity index (χ0) is 38.0. The third-order valence-electron chi connectivity index (χ3n) is 11.8. The predicted octanol–water partition coefficient (Wildman–Crippen LogP) is 4.28. The number of ether oxygens (including phenoxy) is 3. The highest BCUT2D eigenvalue weighted by atomic mass is 32.2. The van der Waals surface area contributed by atoms with Crippen LogP contribution in [0, 0.1) is 11.8 Å². The Bertz CT molecular complexity index is 1870. The van der Waals surface area contributed by atoms with Crippen LogP contribution in [0.5, 0.6) is 11.6 Å². The van der Waals surface area contributed by atoms with Crippen LogP contribution < -0.4 is 24.8 Å². The Labute approximate surface area is 316 Å². The topological polar surface area (TPSA) is 182 Å². The number of benzene rings is 1. The molecule has 2 aromatic rings. The van der Waals surface area contributed by atoms with E-state index in [9.17, 15) is 27.6 Å². The minimum atomic E-state index is -3.86. The van der Waals surface area contributed by atoms with Crippen molar-refractivity contribution in [3.8, 4) is 11.6 Å². The van der Waals surface area contributed by atoms with Crippen molar-refractivity contribution >= 4 is 44.6 Å². The fourth-order valence-corrected chi connectivity index (χ4v) is 9.77. The molecule has 4 fully saturated rings. The first kappa shape index (κ1) is 38.1. The molecule has 2 saturated heterocycles. The van der Waals surface area contributed by atoms with E-state index in [-0.39, 0.29) is 31.4 Å². The normalized spacial score (nSPS) is 30.2. The highest BCUT2D eigenvalue weighted by molar-refractivity contribution is 7.91. The summed E-state index contributed by atoms with van der Waals surface area (Å²) >= 11 is 0. The lowest BCUT2D eigenvalue weighted by atomic mass is 9.99. The molecule has 3 aliphatic heterocycles. The van der Waals surface area contributed by atoms with Crippen molar-refractivity contribution in [1.82, 2.24) is 25.2 Å². The van der Waals surface area contributed by atoms with Crippen LogP contribution >= 0.6 is 0 Å². The molecular weight excluding hydrogens is 715 g/mol. The van der Waals surface area contributed by atoms with E-state index in [4.69, 9.17) is 14.2 Å². The molecular formula is C39H53N5O9S. The van der Waals surface area contributed by atoms with Crippen LogP contribution in [0.1, 0.15) is 102 Å². The maximum absolute atomic E-state index is 14.5. The van der Waals surface area contributed by atoms with Gasteiger partial charge in [-0.2, -0.15) is 0 Å². The van der Waals surface area contributed by atoms with E-state index < -0.39 is 62.8 Å². The minimum Gasteiger partial charge on any atom is -0.496 e. The lowest BCUT2D eigenvalue weighted by Crippen LogP contribution is -2.58. The number of cyclic esters (lactones) is 1. The van der Waals surface area contributed by atoms with E-state index in [1.54, 1.807) is 13.3 Å². The third kappa shape index (κ3) is 8.40. The number of sulfonamides is 1. The van der Waals surface area contributed by atoms with E-state index in [1.165, 1.54) is 4.90 Å². The van der Waals surface area contributed by atoms with Gasteiger partial charge < -0.3 is 29.7 Å². The lowest BCUT2D eigenvalue weighted by molar-refractivity contribution is -0.141. The van der Waals surface area contributed by atoms with Crippen molar-refractivity contribution in [3.63, 3.8) is 0 Å². The molecule has 1 aromatic heterocycles. The largest absolute Gasteiger partial charge is 0.496 e. The minimum absolute atomic E-state index is 0.0287. The Morgan fingerprint density at radius 2 is 1.78 bits per heavy atom. The molecule has 0 spiro atoms. The smallest absolute Gasteiger partial charge is 0.407 e. The summed E-state index contributed by atoms with van der Waals surface area (Å²) in [5, 5.41) is 6.82. The van der Waals surface area contributed by atoms with E-state index in [0.29, 0.717) is 44.4 Å². The van der Waals surface area contributed by atoms with Crippen molar-refractivity contribution in [2.75, 3.05) is 20.3 Å². The number of nitrogens with one attached hydrogen (secondary N) is 3. The van der Waals surface area contributed by atoms with E-state index >= 15 is 0 Å². The van der Waals surface area contributed by atoms with Gasteiger partial charge in [-0.25, -0.2) is 18.2 Å². The summed E-state index contributed by atoms with van der Waals surface area (Å²) in [4.78, 5) is 61.9. The number of nitrogens with zero attached hydrogens (tertiary/aromatic N) is 2. The van der Waals surface area contributed by atoms with Crippen molar-refractivity contribution < 1.29 is 41.8 Å². The number of carbonyl (C=O) groups excluding carboxylic acids is 4. The second-order valence-corrected chi connectivity index (χ2v) is 18.0. The van der Waals surface area contributed by atoms with Gasteiger partial charge in [-0.1, -0.05) is 45.4 Å². The van der Waals surface area contributed by atoms with Gasteiger partial charge in [0.1, 0.15) is 29.5 Å². The average molecular weight is 768 g/mol. The molecule has 6 atom stereocenters. The zero-order valence-electron chi connectivity index (χ0n) is 31.3. The molecule has 2 saturated carbocycles. The van der Waals surface area contributed by atoms with Crippen molar-refractivity contribution in [2.45, 2.75) is 132 Å². The first-order valence-electron chi connectivity index (χ1n) is 19.7. The number of hydrogen-bond acceptors (Lipinski definition) is 10. The number of amides is 4. The molecule has 294 valence electrons.